The summed E-state index contributed by atoms with van der Waals surface area (Å²) in [4.78, 5) is 23.0. The van der Waals surface area contributed by atoms with Gasteiger partial charge in [0.1, 0.15) is 5.75 Å². The zero-order chi connectivity index (χ0) is 20.9. The Morgan fingerprint density at radius 3 is 2.32 bits per heavy atom. The van der Waals surface area contributed by atoms with Crippen LogP contribution in [0.15, 0.2) is 48.5 Å². The molecule has 2 aromatic rings. The highest BCUT2D eigenvalue weighted by molar-refractivity contribution is 5.94. The summed E-state index contributed by atoms with van der Waals surface area (Å²) in [7, 11) is 0. The number of alkyl halides is 3. The van der Waals surface area contributed by atoms with Crippen molar-refractivity contribution >= 4 is 17.6 Å². The molecule has 2 N–H and O–H groups in total. The number of aliphatic carboxylic acids is 1. The van der Waals surface area contributed by atoms with Gasteiger partial charge in [-0.3, -0.25) is 9.59 Å². The zero-order valence-corrected chi connectivity index (χ0v) is 15.3. The van der Waals surface area contributed by atoms with Gasteiger partial charge < -0.3 is 15.2 Å². The Labute approximate surface area is 160 Å². The van der Waals surface area contributed by atoms with Crippen LogP contribution in [0.4, 0.5) is 18.9 Å². The molecule has 0 aliphatic heterocycles. The van der Waals surface area contributed by atoms with Crippen LogP contribution < -0.4 is 10.1 Å². The summed E-state index contributed by atoms with van der Waals surface area (Å²) >= 11 is 0. The van der Waals surface area contributed by atoms with Crippen LogP contribution in [0.25, 0.3) is 0 Å². The van der Waals surface area contributed by atoms with E-state index in [1.54, 1.807) is 31.2 Å². The van der Waals surface area contributed by atoms with E-state index < -0.39 is 29.7 Å². The van der Waals surface area contributed by atoms with Crippen LogP contribution in [0.1, 0.15) is 37.3 Å². The van der Waals surface area contributed by atoms with Crippen LogP contribution in [0, 0.1) is 0 Å². The number of hydrogen-bond acceptors (Lipinski definition) is 3. The number of carbonyl (C=O) groups is 2. The Kier molecular flexibility index (Phi) is 6.66. The third kappa shape index (κ3) is 6.00. The van der Waals surface area contributed by atoms with E-state index in [0.29, 0.717) is 5.69 Å². The highest BCUT2D eigenvalue weighted by Gasteiger charge is 2.30. The monoisotopic (exact) mass is 395 g/mol. The predicted octanol–water partition coefficient (Wildman–Crippen LogP) is 4.69. The molecule has 2 aromatic carbocycles. The highest BCUT2D eigenvalue weighted by Crippen LogP contribution is 2.31. The van der Waals surface area contributed by atoms with E-state index >= 15 is 0 Å². The van der Waals surface area contributed by atoms with E-state index in [1.807, 2.05) is 0 Å². The van der Waals surface area contributed by atoms with Gasteiger partial charge in [0, 0.05) is 5.69 Å². The number of halogens is 3. The third-order valence-electron chi connectivity index (χ3n) is 4.07. The van der Waals surface area contributed by atoms with Gasteiger partial charge in [0.25, 0.3) is 5.91 Å². The number of rotatable bonds is 7. The quantitative estimate of drug-likeness (QED) is 0.713. The Morgan fingerprint density at radius 1 is 1.11 bits per heavy atom. The molecular weight excluding hydrogens is 375 g/mol. The van der Waals surface area contributed by atoms with Gasteiger partial charge in [-0.05, 0) is 48.7 Å². The maximum Gasteiger partial charge on any atom is 0.416 e. The molecule has 8 heteroatoms. The zero-order valence-electron chi connectivity index (χ0n) is 15.3. The van der Waals surface area contributed by atoms with Gasteiger partial charge in [0.05, 0.1) is 12.0 Å². The number of amides is 1. The Hall–Kier alpha value is -3.03. The number of hydrogen-bond donors (Lipinski definition) is 2. The lowest BCUT2D eigenvalue weighted by Crippen LogP contribution is -2.30. The summed E-state index contributed by atoms with van der Waals surface area (Å²) in [6.07, 6.45) is -5.52. The van der Waals surface area contributed by atoms with Crippen molar-refractivity contribution in [3.05, 3.63) is 59.7 Å². The van der Waals surface area contributed by atoms with Crippen LogP contribution in [-0.4, -0.2) is 23.1 Å². The third-order valence-corrected chi connectivity index (χ3v) is 4.07. The number of carboxylic acid groups (broad SMARTS) is 1. The lowest BCUT2D eigenvalue weighted by Gasteiger charge is -2.16. The first kappa shape index (κ1) is 21.3. The van der Waals surface area contributed by atoms with Crippen molar-refractivity contribution in [1.82, 2.24) is 0 Å². The van der Waals surface area contributed by atoms with E-state index in [9.17, 15) is 22.8 Å². The second kappa shape index (κ2) is 8.77. The maximum atomic E-state index is 12.7. The average Bonchev–Trinajstić information content (AvgIpc) is 2.61. The van der Waals surface area contributed by atoms with Crippen molar-refractivity contribution in [3.63, 3.8) is 0 Å². The predicted molar refractivity (Wildman–Crippen MR) is 97.3 cm³/mol. The van der Waals surface area contributed by atoms with Gasteiger partial charge in [0.15, 0.2) is 6.10 Å². The van der Waals surface area contributed by atoms with E-state index in [-0.39, 0.29) is 18.1 Å². The molecule has 0 aliphatic carbocycles. The number of carbonyl (C=O) groups excluding carboxylic acids is 1. The van der Waals surface area contributed by atoms with E-state index in [1.165, 1.54) is 19.1 Å². The first-order valence-electron chi connectivity index (χ1n) is 8.53. The van der Waals surface area contributed by atoms with Gasteiger partial charge in [-0.2, -0.15) is 13.2 Å². The fraction of sp³-hybridized carbons (Fsp3) is 0.300. The summed E-state index contributed by atoms with van der Waals surface area (Å²) < 4.78 is 43.5. The summed E-state index contributed by atoms with van der Waals surface area (Å²) in [5.41, 5.74) is 0.424. The SMILES string of the molecule is CC(Oc1cccc(C(F)(F)F)c1)C(=O)Nc1ccc(C(C)CC(=O)O)cc1. The van der Waals surface area contributed by atoms with Gasteiger partial charge >= 0.3 is 12.1 Å². The topological polar surface area (TPSA) is 75.6 Å². The van der Waals surface area contributed by atoms with Crippen LogP contribution in [0.5, 0.6) is 5.75 Å². The van der Waals surface area contributed by atoms with Crippen molar-refractivity contribution in [2.24, 2.45) is 0 Å². The van der Waals surface area contributed by atoms with Crippen molar-refractivity contribution < 1.29 is 32.6 Å². The van der Waals surface area contributed by atoms with E-state index in [0.717, 1.165) is 17.7 Å². The molecule has 0 bridgehead atoms. The molecule has 28 heavy (non-hydrogen) atoms. The minimum atomic E-state index is -4.50. The van der Waals surface area contributed by atoms with Gasteiger partial charge in [0.2, 0.25) is 0 Å². The largest absolute Gasteiger partial charge is 0.481 e. The Morgan fingerprint density at radius 2 is 1.75 bits per heavy atom. The molecule has 0 heterocycles. The second-order valence-corrected chi connectivity index (χ2v) is 6.40. The summed E-state index contributed by atoms with van der Waals surface area (Å²) in [6, 6.07) is 11.0. The van der Waals surface area contributed by atoms with Gasteiger partial charge in [-0.1, -0.05) is 25.1 Å². The van der Waals surface area contributed by atoms with Gasteiger partial charge in [-0.25, -0.2) is 0 Å². The van der Waals surface area contributed by atoms with Crippen LogP contribution >= 0.6 is 0 Å². The number of ether oxygens (including phenoxy) is 1. The molecule has 0 fully saturated rings. The number of nitrogens with one attached hydrogen (secondary N) is 1. The lowest BCUT2D eigenvalue weighted by molar-refractivity contribution is -0.138. The van der Waals surface area contributed by atoms with Crippen molar-refractivity contribution in [2.75, 3.05) is 5.32 Å². The molecule has 0 aromatic heterocycles. The van der Waals surface area contributed by atoms with Crippen LogP contribution in [0.2, 0.25) is 0 Å². The molecule has 1 amide bonds. The molecule has 2 atom stereocenters. The Bertz CT molecular complexity index is 834. The van der Waals surface area contributed by atoms with Crippen molar-refractivity contribution in [1.29, 1.82) is 0 Å². The molecule has 2 unspecified atom stereocenters. The smallest absolute Gasteiger partial charge is 0.416 e. The molecule has 0 aliphatic rings. The molecule has 150 valence electrons. The molecule has 0 saturated carbocycles. The summed E-state index contributed by atoms with van der Waals surface area (Å²) in [6.45, 7) is 3.21. The second-order valence-electron chi connectivity index (χ2n) is 6.40. The molecule has 5 nitrogen and oxygen atoms in total. The van der Waals surface area contributed by atoms with E-state index in [4.69, 9.17) is 9.84 Å². The summed E-state index contributed by atoms with van der Waals surface area (Å²) in [5, 5.41) is 11.4. The molecular formula is C20H20F3NO4. The number of benzene rings is 2. The average molecular weight is 395 g/mol. The summed E-state index contributed by atoms with van der Waals surface area (Å²) in [5.74, 6) is -1.66. The van der Waals surface area contributed by atoms with Crippen molar-refractivity contribution in [3.8, 4) is 5.75 Å². The molecule has 0 spiro atoms. The van der Waals surface area contributed by atoms with Crippen molar-refractivity contribution in [2.45, 2.75) is 38.5 Å². The van der Waals surface area contributed by atoms with Gasteiger partial charge in [-0.15, -0.1) is 0 Å². The van der Waals surface area contributed by atoms with Crippen LogP contribution in [0.3, 0.4) is 0 Å². The highest BCUT2D eigenvalue weighted by atomic mass is 19.4. The normalized spacial score (nSPS) is 13.5. The lowest BCUT2D eigenvalue weighted by atomic mass is 9.98. The fourth-order valence-electron chi connectivity index (χ4n) is 2.52. The molecule has 2 rings (SSSR count). The van der Waals surface area contributed by atoms with Crippen LogP contribution in [-0.2, 0) is 15.8 Å². The minimum absolute atomic E-state index is 0.00638. The minimum Gasteiger partial charge on any atom is -0.481 e. The number of carboxylic acids is 1. The first-order chi connectivity index (χ1) is 13.1. The Balaban J connectivity index is 1.98. The first-order valence-corrected chi connectivity index (χ1v) is 8.53. The number of anilines is 1. The van der Waals surface area contributed by atoms with E-state index in [2.05, 4.69) is 5.32 Å². The molecule has 0 saturated heterocycles. The fourth-order valence-corrected chi connectivity index (χ4v) is 2.52. The standard InChI is InChI=1S/C20H20F3NO4/c1-12(10-18(25)26)14-6-8-16(9-7-14)24-19(27)13(2)28-17-5-3-4-15(11-17)20(21,22)23/h3-9,11-13H,10H2,1-2H3,(H,24,27)(H,25,26). The maximum absolute atomic E-state index is 12.7. The molecule has 0 radical (unpaired) electrons.